The molecule has 0 spiro atoms. The van der Waals surface area contributed by atoms with Crippen molar-refractivity contribution in [3.63, 3.8) is 0 Å². The van der Waals surface area contributed by atoms with E-state index < -0.39 is 10.0 Å². The molecule has 2 fully saturated rings. The quantitative estimate of drug-likeness (QED) is 0.742. The van der Waals surface area contributed by atoms with Crippen molar-refractivity contribution >= 4 is 10.0 Å². The lowest BCUT2D eigenvalue weighted by atomic mass is 10.0. The fourth-order valence-electron chi connectivity index (χ4n) is 2.88. The van der Waals surface area contributed by atoms with Crippen molar-refractivity contribution in [2.24, 2.45) is 5.41 Å². The molecule has 1 aliphatic heterocycles. The lowest BCUT2D eigenvalue weighted by Gasteiger charge is -2.24. The molecule has 1 atom stereocenters. The molecule has 0 radical (unpaired) electrons. The molecular formula is C13H26N2O2S. The van der Waals surface area contributed by atoms with Gasteiger partial charge in [-0.3, -0.25) is 0 Å². The number of hydrogen-bond donors (Lipinski definition) is 2. The van der Waals surface area contributed by atoms with E-state index in [1.54, 1.807) is 0 Å². The minimum absolute atomic E-state index is 0.151. The summed E-state index contributed by atoms with van der Waals surface area (Å²) in [6.45, 7) is 3.77. The summed E-state index contributed by atoms with van der Waals surface area (Å²) < 4.78 is 26.9. The van der Waals surface area contributed by atoms with Crippen LogP contribution in [0.3, 0.4) is 0 Å². The van der Waals surface area contributed by atoms with Gasteiger partial charge in [0.1, 0.15) is 0 Å². The lowest BCUT2D eigenvalue weighted by molar-refractivity contribution is 0.417. The molecule has 1 saturated carbocycles. The molecule has 5 heteroatoms. The maximum Gasteiger partial charge on any atom is 0.213 e. The molecule has 0 aromatic heterocycles. The summed E-state index contributed by atoms with van der Waals surface area (Å²) in [4.78, 5) is 0. The summed E-state index contributed by atoms with van der Waals surface area (Å²) >= 11 is 0. The summed E-state index contributed by atoms with van der Waals surface area (Å²) in [6.07, 6.45) is 7.97. The Kier molecular flexibility index (Phi) is 4.67. The molecule has 0 aromatic carbocycles. The number of sulfonamides is 1. The van der Waals surface area contributed by atoms with Crippen LogP contribution in [0.5, 0.6) is 0 Å². The largest absolute Gasteiger partial charge is 0.313 e. The van der Waals surface area contributed by atoms with E-state index in [0.29, 0.717) is 12.0 Å². The van der Waals surface area contributed by atoms with Gasteiger partial charge in [-0.05, 0) is 44.1 Å². The lowest BCUT2D eigenvalue weighted by Crippen LogP contribution is -2.43. The minimum Gasteiger partial charge on any atom is -0.313 e. The summed E-state index contributed by atoms with van der Waals surface area (Å²) in [5.74, 6) is 0.245. The van der Waals surface area contributed by atoms with Crippen molar-refractivity contribution in [3.05, 3.63) is 0 Å². The van der Waals surface area contributed by atoms with Crippen LogP contribution in [0.2, 0.25) is 0 Å². The topological polar surface area (TPSA) is 58.2 Å². The van der Waals surface area contributed by atoms with Crippen molar-refractivity contribution in [1.82, 2.24) is 10.0 Å². The third-order valence-electron chi connectivity index (χ3n) is 4.24. The Morgan fingerprint density at radius 3 is 2.67 bits per heavy atom. The van der Waals surface area contributed by atoms with Crippen LogP contribution in [0.25, 0.3) is 0 Å². The number of piperidine rings is 1. The predicted octanol–water partition coefficient (Wildman–Crippen LogP) is 1.63. The molecule has 1 unspecified atom stereocenters. The minimum atomic E-state index is -3.11. The van der Waals surface area contributed by atoms with Gasteiger partial charge < -0.3 is 5.32 Å². The van der Waals surface area contributed by atoms with Crippen molar-refractivity contribution in [2.75, 3.05) is 18.8 Å². The zero-order valence-electron chi connectivity index (χ0n) is 11.4. The van der Waals surface area contributed by atoms with Gasteiger partial charge in [0, 0.05) is 12.6 Å². The third kappa shape index (κ3) is 4.21. The van der Waals surface area contributed by atoms with Crippen LogP contribution in [0, 0.1) is 5.41 Å². The second kappa shape index (κ2) is 5.88. The van der Waals surface area contributed by atoms with Crippen LogP contribution < -0.4 is 10.0 Å². The maximum atomic E-state index is 12.0. The van der Waals surface area contributed by atoms with Crippen molar-refractivity contribution in [2.45, 2.75) is 57.9 Å². The van der Waals surface area contributed by atoms with E-state index in [9.17, 15) is 8.42 Å². The molecule has 0 bridgehead atoms. The van der Waals surface area contributed by atoms with Gasteiger partial charge in [0.05, 0.1) is 5.75 Å². The highest BCUT2D eigenvalue weighted by Gasteiger charge is 2.42. The first-order chi connectivity index (χ1) is 8.55. The Balaban J connectivity index is 1.76. The molecule has 18 heavy (non-hydrogen) atoms. The zero-order chi connectivity index (χ0) is 13.1. The van der Waals surface area contributed by atoms with Gasteiger partial charge in [-0.2, -0.15) is 0 Å². The highest BCUT2D eigenvalue weighted by atomic mass is 32.2. The van der Waals surface area contributed by atoms with Crippen LogP contribution in [-0.4, -0.2) is 33.3 Å². The summed E-state index contributed by atoms with van der Waals surface area (Å²) in [5, 5.41) is 3.29. The van der Waals surface area contributed by atoms with Gasteiger partial charge in [-0.1, -0.05) is 19.8 Å². The zero-order valence-corrected chi connectivity index (χ0v) is 12.2. The van der Waals surface area contributed by atoms with Crippen molar-refractivity contribution in [1.29, 1.82) is 0 Å². The fraction of sp³-hybridized carbons (Fsp3) is 1.00. The third-order valence-corrected chi connectivity index (χ3v) is 5.66. The van der Waals surface area contributed by atoms with Gasteiger partial charge in [0.2, 0.25) is 10.0 Å². The van der Waals surface area contributed by atoms with Crippen molar-refractivity contribution in [3.8, 4) is 0 Å². The number of nitrogens with one attached hydrogen (secondary N) is 2. The average Bonchev–Trinajstić information content (AvgIpc) is 3.09. The molecule has 0 aromatic rings. The van der Waals surface area contributed by atoms with Gasteiger partial charge in [0.15, 0.2) is 0 Å². The molecule has 106 valence electrons. The molecule has 4 nitrogen and oxygen atoms in total. The van der Waals surface area contributed by atoms with E-state index in [1.165, 1.54) is 19.3 Å². The summed E-state index contributed by atoms with van der Waals surface area (Å²) in [7, 11) is -3.11. The van der Waals surface area contributed by atoms with E-state index in [4.69, 9.17) is 0 Å². The highest BCUT2D eigenvalue weighted by Crippen LogP contribution is 2.49. The fourth-order valence-corrected chi connectivity index (χ4v) is 4.33. The summed E-state index contributed by atoms with van der Waals surface area (Å²) in [6, 6.07) is 0.151. The average molecular weight is 274 g/mol. The number of rotatable bonds is 7. The molecule has 2 aliphatic rings. The highest BCUT2D eigenvalue weighted by molar-refractivity contribution is 7.89. The smallest absolute Gasteiger partial charge is 0.213 e. The molecule has 0 amide bonds. The molecular weight excluding hydrogens is 248 g/mol. The molecule has 1 aliphatic carbocycles. The van der Waals surface area contributed by atoms with Gasteiger partial charge in [0.25, 0.3) is 0 Å². The van der Waals surface area contributed by atoms with Crippen LogP contribution in [0.4, 0.5) is 0 Å². The Labute approximate surface area is 111 Å². The van der Waals surface area contributed by atoms with E-state index in [-0.39, 0.29) is 11.8 Å². The molecule has 1 heterocycles. The second-order valence-corrected chi connectivity index (χ2v) is 7.85. The normalized spacial score (nSPS) is 27.1. The first-order valence-electron chi connectivity index (χ1n) is 7.26. The maximum absolute atomic E-state index is 12.0. The Morgan fingerprint density at radius 2 is 2.11 bits per heavy atom. The SMILES string of the molecule is CCCC1(CNS(=O)(=O)CC2CCCCN2)CC1. The van der Waals surface area contributed by atoms with Crippen LogP contribution in [0.15, 0.2) is 0 Å². The van der Waals surface area contributed by atoms with Crippen molar-refractivity contribution < 1.29 is 8.42 Å². The Hall–Kier alpha value is -0.130. The first-order valence-corrected chi connectivity index (χ1v) is 8.91. The van der Waals surface area contributed by atoms with E-state index in [2.05, 4.69) is 17.0 Å². The standard InChI is InChI=1S/C13H26N2O2S/c1-2-6-13(7-8-13)11-15-18(16,17)10-12-5-3-4-9-14-12/h12,14-15H,2-11H2,1H3. The van der Waals surface area contributed by atoms with Gasteiger partial charge in [-0.15, -0.1) is 0 Å². The van der Waals surface area contributed by atoms with E-state index in [1.807, 2.05) is 0 Å². The van der Waals surface area contributed by atoms with Crippen LogP contribution >= 0.6 is 0 Å². The monoisotopic (exact) mass is 274 g/mol. The van der Waals surface area contributed by atoms with Gasteiger partial charge in [-0.25, -0.2) is 13.1 Å². The molecule has 2 rings (SSSR count). The van der Waals surface area contributed by atoms with Crippen LogP contribution in [-0.2, 0) is 10.0 Å². The van der Waals surface area contributed by atoms with Crippen LogP contribution in [0.1, 0.15) is 51.9 Å². The Morgan fingerprint density at radius 1 is 1.33 bits per heavy atom. The number of hydrogen-bond acceptors (Lipinski definition) is 3. The van der Waals surface area contributed by atoms with E-state index >= 15 is 0 Å². The molecule has 1 saturated heterocycles. The summed E-state index contributed by atoms with van der Waals surface area (Å²) in [5.41, 5.74) is 0.293. The Bertz CT molecular complexity index is 357. The second-order valence-electron chi connectivity index (χ2n) is 6.00. The molecule has 2 N–H and O–H groups in total. The van der Waals surface area contributed by atoms with E-state index in [0.717, 1.165) is 32.2 Å². The predicted molar refractivity (Wildman–Crippen MR) is 74.0 cm³/mol. The van der Waals surface area contributed by atoms with Gasteiger partial charge >= 0.3 is 0 Å². The first kappa shape index (κ1) is 14.3.